The van der Waals surface area contributed by atoms with Gasteiger partial charge in [-0.15, -0.1) is 0 Å². The summed E-state index contributed by atoms with van der Waals surface area (Å²) in [6.07, 6.45) is 2.12. The Morgan fingerprint density at radius 3 is 1.71 bits per heavy atom. The zero-order valence-corrected chi connectivity index (χ0v) is 13.7. The van der Waals surface area contributed by atoms with E-state index in [0.717, 1.165) is 50.7 Å². The van der Waals surface area contributed by atoms with E-state index in [0.29, 0.717) is 5.95 Å². The molecule has 4 N–H and O–H groups in total. The van der Waals surface area contributed by atoms with Gasteiger partial charge in [0.25, 0.3) is 0 Å². The van der Waals surface area contributed by atoms with Crippen LogP contribution < -0.4 is 16.4 Å². The van der Waals surface area contributed by atoms with E-state index in [1.54, 1.807) is 0 Å². The highest BCUT2D eigenvalue weighted by atomic mass is 15.1. The molecule has 0 aliphatic rings. The van der Waals surface area contributed by atoms with E-state index < -0.39 is 0 Å². The Hall–Kier alpha value is -1.60. The van der Waals surface area contributed by atoms with E-state index in [2.05, 4.69) is 58.6 Å². The predicted octanol–water partition coefficient (Wildman–Crippen LogP) is 0.786. The molecule has 7 heteroatoms. The Kier molecular flexibility index (Phi) is 7.78. The van der Waals surface area contributed by atoms with Crippen LogP contribution in [0.3, 0.4) is 0 Å². The molecule has 1 aromatic rings. The second kappa shape index (κ2) is 9.36. The van der Waals surface area contributed by atoms with Gasteiger partial charge >= 0.3 is 0 Å². The van der Waals surface area contributed by atoms with Gasteiger partial charge in [-0.05, 0) is 54.1 Å². The summed E-state index contributed by atoms with van der Waals surface area (Å²) in [5.41, 5.74) is 5.75. The molecule has 0 atom stereocenters. The molecule has 120 valence electrons. The zero-order chi connectivity index (χ0) is 15.7. The first kappa shape index (κ1) is 17.5. The minimum atomic E-state index is 0.294. The fraction of sp³-hybridized carbons (Fsp3) is 0.714. The number of rotatable bonds is 10. The first-order valence-corrected chi connectivity index (χ1v) is 7.39. The second-order valence-electron chi connectivity index (χ2n) is 5.66. The van der Waals surface area contributed by atoms with Crippen molar-refractivity contribution in [3.8, 4) is 0 Å². The molecule has 1 heterocycles. The highest BCUT2D eigenvalue weighted by Gasteiger charge is 2.02. The second-order valence-corrected chi connectivity index (χ2v) is 5.66. The van der Waals surface area contributed by atoms with Gasteiger partial charge in [-0.2, -0.15) is 9.97 Å². The van der Waals surface area contributed by atoms with Crippen molar-refractivity contribution in [3.05, 3.63) is 6.07 Å². The van der Waals surface area contributed by atoms with Crippen LogP contribution in [0.1, 0.15) is 12.8 Å². The van der Waals surface area contributed by atoms with Crippen LogP contribution in [0.4, 0.5) is 17.6 Å². The zero-order valence-electron chi connectivity index (χ0n) is 13.7. The molecule has 0 radical (unpaired) electrons. The van der Waals surface area contributed by atoms with Gasteiger partial charge in [-0.1, -0.05) is 0 Å². The van der Waals surface area contributed by atoms with Crippen LogP contribution in [0, 0.1) is 0 Å². The van der Waals surface area contributed by atoms with Crippen LogP contribution >= 0.6 is 0 Å². The van der Waals surface area contributed by atoms with Crippen molar-refractivity contribution in [2.45, 2.75) is 12.8 Å². The number of hydrogen-bond acceptors (Lipinski definition) is 7. The highest BCUT2D eigenvalue weighted by molar-refractivity contribution is 5.50. The van der Waals surface area contributed by atoms with Crippen LogP contribution in [0.25, 0.3) is 0 Å². The number of nitrogens with one attached hydrogen (secondary N) is 2. The normalized spacial score (nSPS) is 11.1. The number of hydrogen-bond donors (Lipinski definition) is 3. The molecule has 7 nitrogen and oxygen atoms in total. The molecule has 0 unspecified atom stereocenters. The lowest BCUT2D eigenvalue weighted by Crippen LogP contribution is -2.18. The van der Waals surface area contributed by atoms with E-state index in [1.807, 2.05) is 6.07 Å². The molecule has 0 saturated carbocycles. The van der Waals surface area contributed by atoms with Gasteiger partial charge < -0.3 is 26.2 Å². The van der Waals surface area contributed by atoms with Crippen LogP contribution in [0.2, 0.25) is 0 Å². The first-order chi connectivity index (χ1) is 9.97. The lowest BCUT2D eigenvalue weighted by Gasteiger charge is -2.12. The minimum Gasteiger partial charge on any atom is -0.370 e. The number of nitrogens with zero attached hydrogens (tertiary/aromatic N) is 4. The number of nitrogens with two attached hydrogens (primary N) is 1. The number of aromatic nitrogens is 2. The van der Waals surface area contributed by atoms with E-state index in [4.69, 9.17) is 5.73 Å². The molecule has 0 aliphatic heterocycles. The fourth-order valence-electron chi connectivity index (χ4n) is 1.87. The molecule has 0 spiro atoms. The third-order valence-corrected chi connectivity index (χ3v) is 2.92. The Morgan fingerprint density at radius 1 is 0.905 bits per heavy atom. The van der Waals surface area contributed by atoms with Gasteiger partial charge in [0.1, 0.15) is 11.6 Å². The monoisotopic (exact) mass is 295 g/mol. The third kappa shape index (κ3) is 8.31. The van der Waals surface area contributed by atoms with Crippen LogP contribution in [-0.4, -0.2) is 74.1 Å². The molecule has 21 heavy (non-hydrogen) atoms. The molecular weight excluding hydrogens is 266 g/mol. The lowest BCUT2D eigenvalue weighted by atomic mass is 10.4. The maximum Gasteiger partial charge on any atom is 0.223 e. The van der Waals surface area contributed by atoms with Crippen molar-refractivity contribution in [2.75, 3.05) is 70.7 Å². The molecular formula is C14H29N7. The summed E-state index contributed by atoms with van der Waals surface area (Å²) in [7, 11) is 8.27. The van der Waals surface area contributed by atoms with E-state index in [9.17, 15) is 0 Å². The summed E-state index contributed by atoms with van der Waals surface area (Å²) in [5.74, 6) is 1.84. The quantitative estimate of drug-likeness (QED) is 0.550. The Labute approximate surface area is 127 Å². The Balaban J connectivity index is 2.39. The highest BCUT2D eigenvalue weighted by Crippen LogP contribution is 2.12. The average molecular weight is 295 g/mol. The van der Waals surface area contributed by atoms with Gasteiger partial charge in [-0.3, -0.25) is 0 Å². The molecule has 0 aromatic carbocycles. The van der Waals surface area contributed by atoms with E-state index >= 15 is 0 Å². The number of nitrogen functional groups attached to an aromatic ring is 1. The first-order valence-electron chi connectivity index (χ1n) is 7.39. The van der Waals surface area contributed by atoms with Crippen molar-refractivity contribution in [1.82, 2.24) is 19.8 Å². The maximum absolute atomic E-state index is 5.75. The van der Waals surface area contributed by atoms with Crippen molar-refractivity contribution < 1.29 is 0 Å². The Bertz CT molecular complexity index is 372. The summed E-state index contributed by atoms with van der Waals surface area (Å²) in [6, 6.07) is 1.90. The SMILES string of the molecule is CN(C)CCCNc1cc(NCCCN(C)C)nc(N)n1. The van der Waals surface area contributed by atoms with Crippen molar-refractivity contribution in [1.29, 1.82) is 0 Å². The largest absolute Gasteiger partial charge is 0.370 e. The minimum absolute atomic E-state index is 0.294. The third-order valence-electron chi connectivity index (χ3n) is 2.92. The molecule has 0 amide bonds. The molecule has 0 aliphatic carbocycles. The summed E-state index contributed by atoms with van der Waals surface area (Å²) in [4.78, 5) is 12.7. The van der Waals surface area contributed by atoms with Gasteiger partial charge in [-0.25, -0.2) is 0 Å². The molecule has 0 saturated heterocycles. The van der Waals surface area contributed by atoms with Crippen LogP contribution in [0.15, 0.2) is 6.07 Å². The standard InChI is InChI=1S/C14H29N7/c1-20(2)9-5-7-16-12-11-13(19-14(15)18-12)17-8-6-10-21(3)4/h11H,5-10H2,1-4H3,(H4,15,16,17,18,19). The predicted molar refractivity (Wildman–Crippen MR) is 89.8 cm³/mol. The van der Waals surface area contributed by atoms with Crippen molar-refractivity contribution in [3.63, 3.8) is 0 Å². The summed E-state index contributed by atoms with van der Waals surface area (Å²) in [6.45, 7) is 3.83. The number of anilines is 3. The topological polar surface area (TPSA) is 82.3 Å². The lowest BCUT2D eigenvalue weighted by molar-refractivity contribution is 0.405. The maximum atomic E-state index is 5.75. The average Bonchev–Trinajstić information content (AvgIpc) is 2.39. The van der Waals surface area contributed by atoms with E-state index in [-0.39, 0.29) is 0 Å². The van der Waals surface area contributed by atoms with Gasteiger partial charge in [0.15, 0.2) is 0 Å². The summed E-state index contributed by atoms with van der Waals surface area (Å²) in [5, 5.41) is 6.57. The van der Waals surface area contributed by atoms with Crippen LogP contribution in [-0.2, 0) is 0 Å². The summed E-state index contributed by atoms with van der Waals surface area (Å²) < 4.78 is 0. The molecule has 0 bridgehead atoms. The van der Waals surface area contributed by atoms with E-state index in [1.165, 1.54) is 0 Å². The van der Waals surface area contributed by atoms with Gasteiger partial charge in [0, 0.05) is 19.2 Å². The van der Waals surface area contributed by atoms with Gasteiger partial charge in [0.2, 0.25) is 5.95 Å². The van der Waals surface area contributed by atoms with Crippen molar-refractivity contribution in [2.24, 2.45) is 0 Å². The fourth-order valence-corrected chi connectivity index (χ4v) is 1.87. The summed E-state index contributed by atoms with van der Waals surface area (Å²) >= 11 is 0. The Morgan fingerprint density at radius 2 is 1.33 bits per heavy atom. The molecule has 1 rings (SSSR count). The van der Waals surface area contributed by atoms with Crippen LogP contribution in [0.5, 0.6) is 0 Å². The van der Waals surface area contributed by atoms with Crippen molar-refractivity contribution >= 4 is 17.6 Å². The molecule has 1 aromatic heterocycles. The smallest absolute Gasteiger partial charge is 0.223 e. The molecule has 0 fully saturated rings. The van der Waals surface area contributed by atoms with Gasteiger partial charge in [0.05, 0.1) is 0 Å².